The molecule has 1 amide bonds. The van der Waals surface area contributed by atoms with Crippen molar-refractivity contribution in [2.45, 2.75) is 43.6 Å². The number of carbonyl (C=O) groups excluding carboxylic acids is 1. The molecule has 1 aliphatic rings. The van der Waals surface area contributed by atoms with Crippen molar-refractivity contribution in [3.63, 3.8) is 0 Å². The van der Waals surface area contributed by atoms with E-state index in [2.05, 4.69) is 4.72 Å². The highest BCUT2D eigenvalue weighted by atomic mass is 32.2. The highest BCUT2D eigenvalue weighted by molar-refractivity contribution is 7.92. The lowest BCUT2D eigenvalue weighted by molar-refractivity contribution is -0.137. The number of benzene rings is 3. The number of nitrogens with one attached hydrogen (secondary N) is 1. The van der Waals surface area contributed by atoms with E-state index in [0.717, 1.165) is 36.4 Å². The lowest BCUT2D eigenvalue weighted by atomic mass is 9.99. The van der Waals surface area contributed by atoms with Gasteiger partial charge in [-0.25, -0.2) is 12.8 Å². The van der Waals surface area contributed by atoms with Crippen LogP contribution in [0.2, 0.25) is 0 Å². The zero-order chi connectivity index (χ0) is 31.5. The fourth-order valence-corrected chi connectivity index (χ4v) is 5.86. The van der Waals surface area contributed by atoms with Crippen molar-refractivity contribution in [2.75, 3.05) is 31.5 Å². The van der Waals surface area contributed by atoms with E-state index in [1.807, 2.05) is 11.8 Å². The average Bonchev–Trinajstić information content (AvgIpc) is 2.94. The monoisotopic (exact) mass is 623 g/mol. The van der Waals surface area contributed by atoms with Crippen LogP contribution in [-0.2, 0) is 22.7 Å². The lowest BCUT2D eigenvalue weighted by Crippen LogP contribution is -2.49. The highest BCUT2D eigenvalue weighted by Gasteiger charge is 2.34. The van der Waals surface area contributed by atoms with Crippen LogP contribution in [0.15, 0.2) is 71.6 Å². The zero-order valence-electron chi connectivity index (χ0n) is 23.8. The van der Waals surface area contributed by atoms with Gasteiger partial charge in [0.05, 0.1) is 28.7 Å². The molecule has 3 aromatic carbocycles. The number of likely N-dealkylation sites (N-methyl/N-ethyl adjacent to an activating group) is 1. The molecule has 8 nitrogen and oxygen atoms in total. The third kappa shape index (κ3) is 7.84. The Morgan fingerprint density at radius 3 is 2.35 bits per heavy atom. The van der Waals surface area contributed by atoms with Gasteiger partial charge in [-0.05, 0) is 74.1 Å². The Morgan fingerprint density at radius 1 is 1.09 bits per heavy atom. The molecule has 0 fully saturated rings. The van der Waals surface area contributed by atoms with Crippen molar-refractivity contribution in [1.29, 1.82) is 0 Å². The Labute approximate surface area is 247 Å². The van der Waals surface area contributed by atoms with Crippen LogP contribution in [0.4, 0.5) is 23.2 Å². The molecule has 1 heterocycles. The summed E-state index contributed by atoms with van der Waals surface area (Å²) in [4.78, 5) is 16.9. The van der Waals surface area contributed by atoms with Crippen molar-refractivity contribution in [3.05, 3.63) is 89.2 Å². The van der Waals surface area contributed by atoms with Crippen molar-refractivity contribution in [3.8, 4) is 5.75 Å². The minimum Gasteiger partial charge on any atom is -0.488 e. The summed E-state index contributed by atoms with van der Waals surface area (Å²) in [5, 5.41) is 9.88. The van der Waals surface area contributed by atoms with Crippen molar-refractivity contribution < 1.29 is 40.6 Å². The van der Waals surface area contributed by atoms with Gasteiger partial charge in [-0.15, -0.1) is 0 Å². The van der Waals surface area contributed by atoms with E-state index < -0.39 is 45.6 Å². The molecule has 4 rings (SSSR count). The predicted molar refractivity (Wildman–Crippen MR) is 153 cm³/mol. The van der Waals surface area contributed by atoms with E-state index in [-0.39, 0.29) is 41.0 Å². The molecule has 232 valence electrons. The van der Waals surface area contributed by atoms with E-state index in [1.165, 1.54) is 35.2 Å². The first kappa shape index (κ1) is 32.2. The van der Waals surface area contributed by atoms with Crippen LogP contribution >= 0.6 is 0 Å². The fraction of sp³-hybridized carbons (Fsp3) is 0.367. The molecule has 0 aliphatic carbocycles. The van der Waals surface area contributed by atoms with Gasteiger partial charge in [-0.3, -0.25) is 14.4 Å². The number of alkyl halides is 3. The van der Waals surface area contributed by atoms with Crippen molar-refractivity contribution in [1.82, 2.24) is 9.80 Å². The molecule has 13 heteroatoms. The summed E-state index contributed by atoms with van der Waals surface area (Å²) in [7, 11) is -2.29. The molecule has 43 heavy (non-hydrogen) atoms. The minimum atomic E-state index is -4.42. The number of hydrogen-bond acceptors (Lipinski definition) is 6. The maximum atomic E-state index is 13.7. The molecule has 0 radical (unpaired) electrons. The van der Waals surface area contributed by atoms with Crippen LogP contribution in [0.25, 0.3) is 0 Å². The van der Waals surface area contributed by atoms with Crippen LogP contribution in [0.1, 0.15) is 35.3 Å². The number of halogens is 4. The third-order valence-corrected chi connectivity index (χ3v) is 8.66. The summed E-state index contributed by atoms with van der Waals surface area (Å²) >= 11 is 0. The standard InChI is InChI=1S/C30H33F4N3O5S/c1-19-15-37(20(2)18-38)29(39)26-14-24(35-43(40,41)25-11-8-23(31)9-12-25)10-13-27(26)42-28(19)17-36(3)16-21-4-6-22(7-5-21)30(32,33)34/h4-14,19-20,28,35,38H,15-18H2,1-3H3/t19-,20-,28-/m1/s1. The molecule has 0 saturated carbocycles. The number of hydrogen-bond donors (Lipinski definition) is 2. The second kappa shape index (κ2) is 12.9. The van der Waals surface area contributed by atoms with Crippen LogP contribution < -0.4 is 9.46 Å². The van der Waals surface area contributed by atoms with Gasteiger partial charge in [0.25, 0.3) is 15.9 Å². The SMILES string of the molecule is C[C@@H]1CN([C@H](C)CO)C(=O)c2cc(NS(=O)(=O)c3ccc(F)cc3)ccc2O[C@@H]1CN(C)Cc1ccc(C(F)(F)F)cc1. The maximum Gasteiger partial charge on any atom is 0.416 e. The first-order valence-corrected chi connectivity index (χ1v) is 15.0. The van der Waals surface area contributed by atoms with Gasteiger partial charge in [0, 0.05) is 31.2 Å². The lowest BCUT2D eigenvalue weighted by Gasteiger charge is -2.38. The Kier molecular flexibility index (Phi) is 9.67. The van der Waals surface area contributed by atoms with Crippen molar-refractivity contribution in [2.24, 2.45) is 5.92 Å². The van der Waals surface area contributed by atoms with Crippen LogP contribution in [-0.4, -0.2) is 68.1 Å². The van der Waals surface area contributed by atoms with Gasteiger partial charge in [0.15, 0.2) is 0 Å². The zero-order valence-corrected chi connectivity index (χ0v) is 24.6. The second-order valence-electron chi connectivity index (χ2n) is 10.8. The van der Waals surface area contributed by atoms with Gasteiger partial charge in [-0.1, -0.05) is 19.1 Å². The topological polar surface area (TPSA) is 99.2 Å². The molecule has 0 unspecified atom stereocenters. The van der Waals surface area contributed by atoms with Gasteiger partial charge in [0.1, 0.15) is 17.7 Å². The van der Waals surface area contributed by atoms with E-state index in [0.29, 0.717) is 18.7 Å². The number of sulfonamides is 1. The first-order chi connectivity index (χ1) is 20.2. The van der Waals surface area contributed by atoms with Crippen molar-refractivity contribution >= 4 is 21.6 Å². The second-order valence-corrected chi connectivity index (χ2v) is 12.5. The summed E-state index contributed by atoms with van der Waals surface area (Å²) in [5.41, 5.74) is 0.121. The molecule has 2 N–H and O–H groups in total. The number of amides is 1. The number of aliphatic hydroxyl groups is 1. The number of aliphatic hydroxyl groups excluding tert-OH is 1. The Balaban J connectivity index is 1.59. The van der Waals surface area contributed by atoms with E-state index in [9.17, 15) is 35.9 Å². The maximum absolute atomic E-state index is 13.7. The quantitative estimate of drug-likeness (QED) is 0.326. The number of carbonyl (C=O) groups is 1. The molecule has 1 aliphatic heterocycles. The van der Waals surface area contributed by atoms with Gasteiger partial charge >= 0.3 is 6.18 Å². The minimum absolute atomic E-state index is 0.0845. The average molecular weight is 624 g/mol. The molecule has 3 atom stereocenters. The molecule has 0 aromatic heterocycles. The summed E-state index contributed by atoms with van der Waals surface area (Å²) < 4.78 is 86.6. The molecule has 0 bridgehead atoms. The Bertz CT molecular complexity index is 1530. The summed E-state index contributed by atoms with van der Waals surface area (Å²) in [6.07, 6.45) is -4.89. The van der Waals surface area contributed by atoms with Gasteiger partial charge in [0.2, 0.25) is 0 Å². The number of ether oxygens (including phenoxy) is 1. The largest absolute Gasteiger partial charge is 0.488 e. The Morgan fingerprint density at radius 2 is 1.74 bits per heavy atom. The molecule has 0 spiro atoms. The number of fused-ring (bicyclic) bond motifs is 1. The van der Waals surface area contributed by atoms with Crippen LogP contribution in [0.3, 0.4) is 0 Å². The highest BCUT2D eigenvalue weighted by Crippen LogP contribution is 2.32. The summed E-state index contributed by atoms with van der Waals surface area (Å²) in [6, 6.07) is 13.0. The van der Waals surface area contributed by atoms with E-state index in [4.69, 9.17) is 4.74 Å². The molecular weight excluding hydrogens is 590 g/mol. The van der Waals surface area contributed by atoms with Gasteiger partial charge < -0.3 is 14.7 Å². The molecule has 3 aromatic rings. The van der Waals surface area contributed by atoms with E-state index in [1.54, 1.807) is 14.0 Å². The Hall–Kier alpha value is -3.68. The van der Waals surface area contributed by atoms with Crippen LogP contribution in [0, 0.1) is 11.7 Å². The number of rotatable bonds is 9. The third-order valence-electron chi connectivity index (χ3n) is 7.27. The first-order valence-electron chi connectivity index (χ1n) is 13.5. The number of nitrogens with zero attached hydrogens (tertiary/aromatic N) is 2. The summed E-state index contributed by atoms with van der Waals surface area (Å²) in [5.74, 6) is -1.04. The molecular formula is C30H33F4N3O5S. The normalized spacial score (nSPS) is 18.4. The fourth-order valence-electron chi connectivity index (χ4n) is 4.81. The smallest absolute Gasteiger partial charge is 0.416 e. The number of anilines is 1. The van der Waals surface area contributed by atoms with Crippen LogP contribution in [0.5, 0.6) is 5.75 Å². The van der Waals surface area contributed by atoms with E-state index >= 15 is 0 Å². The predicted octanol–water partition coefficient (Wildman–Crippen LogP) is 5.00. The molecule has 0 saturated heterocycles. The summed E-state index contributed by atoms with van der Waals surface area (Å²) in [6.45, 7) is 4.22. The van der Waals surface area contributed by atoms with Gasteiger partial charge in [-0.2, -0.15) is 13.2 Å².